The van der Waals surface area contributed by atoms with Crippen LogP contribution in [0.5, 0.6) is 11.5 Å². The highest BCUT2D eigenvalue weighted by molar-refractivity contribution is 7.92. The van der Waals surface area contributed by atoms with Crippen molar-refractivity contribution in [2.75, 3.05) is 36.9 Å². The number of methoxy groups -OCH3 is 2. The lowest BCUT2D eigenvalue weighted by Crippen LogP contribution is -2.33. The lowest BCUT2D eigenvalue weighted by atomic mass is 9.99. The number of anilines is 2. The first-order valence-electron chi connectivity index (χ1n) is 10.8. The first-order chi connectivity index (χ1) is 15.9. The first kappa shape index (κ1) is 22.8. The van der Waals surface area contributed by atoms with Crippen LogP contribution in [0.2, 0.25) is 0 Å². The molecule has 1 aromatic heterocycles. The molecule has 0 saturated carbocycles. The third-order valence-corrected chi connectivity index (χ3v) is 7.23. The lowest BCUT2D eigenvalue weighted by molar-refractivity contribution is 0.392. The highest BCUT2D eigenvalue weighted by Gasteiger charge is 2.21. The first-order valence-corrected chi connectivity index (χ1v) is 12.3. The van der Waals surface area contributed by atoms with Crippen molar-refractivity contribution in [3.8, 4) is 22.8 Å². The summed E-state index contributed by atoms with van der Waals surface area (Å²) < 4.78 is 39.1. The van der Waals surface area contributed by atoms with E-state index in [1.54, 1.807) is 30.3 Å². The maximum Gasteiger partial charge on any atom is 0.265 e. The summed E-state index contributed by atoms with van der Waals surface area (Å²) in [5, 5.41) is 8.79. The molecule has 0 spiro atoms. The topological polar surface area (TPSA) is 93.6 Å². The van der Waals surface area contributed by atoms with Crippen LogP contribution < -0.4 is 19.1 Å². The largest absolute Gasteiger partial charge is 0.497 e. The van der Waals surface area contributed by atoms with E-state index in [1.165, 1.54) is 20.3 Å². The molecule has 2 heterocycles. The SMILES string of the molecule is COc1ccc(OC)c(S(=O)(=O)Nc2cccc(-c3ccc(N4CCC(C)CC4)nn3)c2)c1. The van der Waals surface area contributed by atoms with Crippen molar-refractivity contribution in [1.82, 2.24) is 10.2 Å². The zero-order valence-electron chi connectivity index (χ0n) is 19.0. The molecule has 174 valence electrons. The van der Waals surface area contributed by atoms with E-state index in [4.69, 9.17) is 9.47 Å². The summed E-state index contributed by atoms with van der Waals surface area (Å²) in [6.07, 6.45) is 2.31. The van der Waals surface area contributed by atoms with Crippen LogP contribution in [0.4, 0.5) is 11.5 Å². The Kier molecular flexibility index (Phi) is 6.69. The van der Waals surface area contributed by atoms with Gasteiger partial charge in [-0.15, -0.1) is 10.2 Å². The molecule has 2 aromatic carbocycles. The number of aromatic nitrogens is 2. The molecule has 1 fully saturated rings. The molecule has 0 unspecified atom stereocenters. The van der Waals surface area contributed by atoms with Crippen LogP contribution in [-0.4, -0.2) is 45.9 Å². The second-order valence-corrected chi connectivity index (χ2v) is 9.80. The Morgan fingerprint density at radius 3 is 2.42 bits per heavy atom. The predicted octanol–water partition coefficient (Wildman–Crippen LogP) is 4.20. The van der Waals surface area contributed by atoms with Gasteiger partial charge in [-0.1, -0.05) is 19.1 Å². The summed E-state index contributed by atoms with van der Waals surface area (Å²) in [7, 11) is -1.01. The molecule has 3 aromatic rings. The molecule has 0 radical (unpaired) electrons. The Hall–Kier alpha value is -3.33. The molecule has 0 bridgehead atoms. The van der Waals surface area contributed by atoms with Gasteiger partial charge in [-0.05, 0) is 55.2 Å². The smallest absolute Gasteiger partial charge is 0.265 e. The molecular formula is C24H28N4O4S. The number of rotatable bonds is 7. The minimum Gasteiger partial charge on any atom is -0.497 e. The Morgan fingerprint density at radius 2 is 1.76 bits per heavy atom. The maximum atomic E-state index is 13.1. The van der Waals surface area contributed by atoms with E-state index in [1.807, 2.05) is 18.2 Å². The van der Waals surface area contributed by atoms with Gasteiger partial charge in [0.2, 0.25) is 0 Å². The highest BCUT2D eigenvalue weighted by atomic mass is 32.2. The zero-order chi connectivity index (χ0) is 23.4. The van der Waals surface area contributed by atoms with Gasteiger partial charge in [0, 0.05) is 30.4 Å². The van der Waals surface area contributed by atoms with Crippen LogP contribution in [0.1, 0.15) is 19.8 Å². The summed E-state index contributed by atoms with van der Waals surface area (Å²) in [5.41, 5.74) is 1.84. The fourth-order valence-corrected chi connectivity index (χ4v) is 5.07. The number of hydrogen-bond acceptors (Lipinski definition) is 7. The van der Waals surface area contributed by atoms with E-state index < -0.39 is 10.0 Å². The Morgan fingerprint density at radius 1 is 0.970 bits per heavy atom. The van der Waals surface area contributed by atoms with Crippen LogP contribution in [-0.2, 0) is 10.0 Å². The Labute approximate surface area is 194 Å². The van der Waals surface area contributed by atoms with Gasteiger partial charge >= 0.3 is 0 Å². The molecule has 9 heteroatoms. The summed E-state index contributed by atoms with van der Waals surface area (Å²) in [6.45, 7) is 4.25. The fourth-order valence-electron chi connectivity index (χ4n) is 3.83. The van der Waals surface area contributed by atoms with Gasteiger partial charge < -0.3 is 14.4 Å². The van der Waals surface area contributed by atoms with Crippen LogP contribution in [0.25, 0.3) is 11.3 Å². The molecule has 0 atom stereocenters. The summed E-state index contributed by atoms with van der Waals surface area (Å²) >= 11 is 0. The second-order valence-electron chi connectivity index (χ2n) is 8.15. The standard InChI is InChI=1S/C24H28N4O4S/c1-17-11-13-28(14-12-17)24-10-8-21(25-26-24)18-5-4-6-19(15-18)27-33(29,30)23-16-20(31-2)7-9-22(23)32-3/h4-10,15-17,27H,11-14H2,1-3H3. The van der Waals surface area contributed by atoms with Crippen LogP contribution in [0.15, 0.2) is 59.5 Å². The molecule has 0 aliphatic carbocycles. The van der Waals surface area contributed by atoms with Crippen molar-refractivity contribution >= 4 is 21.5 Å². The van der Waals surface area contributed by atoms with E-state index in [0.717, 1.165) is 43.2 Å². The molecule has 4 rings (SSSR count). The normalized spacial score (nSPS) is 14.7. The molecule has 1 aliphatic rings. The highest BCUT2D eigenvalue weighted by Crippen LogP contribution is 2.31. The number of sulfonamides is 1. The van der Waals surface area contributed by atoms with Gasteiger partial charge in [-0.25, -0.2) is 8.42 Å². The number of piperidine rings is 1. The number of benzene rings is 2. The van der Waals surface area contributed by atoms with Crippen LogP contribution in [0, 0.1) is 5.92 Å². The van der Waals surface area contributed by atoms with Gasteiger partial charge in [0.05, 0.1) is 19.9 Å². The zero-order valence-corrected chi connectivity index (χ0v) is 19.8. The molecule has 1 aliphatic heterocycles. The summed E-state index contributed by atoms with van der Waals surface area (Å²) in [4.78, 5) is 2.25. The average Bonchev–Trinajstić information content (AvgIpc) is 2.84. The van der Waals surface area contributed by atoms with Crippen LogP contribution in [0.3, 0.4) is 0 Å². The third kappa shape index (κ3) is 5.19. The van der Waals surface area contributed by atoms with Crippen LogP contribution >= 0.6 is 0 Å². The van der Waals surface area contributed by atoms with Crippen molar-refractivity contribution in [3.05, 3.63) is 54.6 Å². The Balaban J connectivity index is 1.55. The van der Waals surface area contributed by atoms with Gasteiger partial charge in [0.1, 0.15) is 16.4 Å². The second kappa shape index (κ2) is 9.66. The lowest BCUT2D eigenvalue weighted by Gasteiger charge is -2.30. The number of nitrogens with zero attached hydrogens (tertiary/aromatic N) is 3. The van der Waals surface area contributed by atoms with Crippen molar-refractivity contribution in [1.29, 1.82) is 0 Å². The molecule has 1 saturated heterocycles. The van der Waals surface area contributed by atoms with E-state index in [-0.39, 0.29) is 10.6 Å². The molecule has 33 heavy (non-hydrogen) atoms. The summed E-state index contributed by atoms with van der Waals surface area (Å²) in [5.74, 6) is 2.26. The van der Waals surface area contributed by atoms with Crippen molar-refractivity contribution < 1.29 is 17.9 Å². The number of ether oxygens (including phenoxy) is 2. The average molecular weight is 469 g/mol. The molecule has 1 N–H and O–H groups in total. The van der Waals surface area contributed by atoms with Gasteiger partial charge in [0.15, 0.2) is 5.82 Å². The van der Waals surface area contributed by atoms with Crippen molar-refractivity contribution in [3.63, 3.8) is 0 Å². The minimum absolute atomic E-state index is 0.00486. The molecule has 0 amide bonds. The van der Waals surface area contributed by atoms with Gasteiger partial charge in [0.25, 0.3) is 10.0 Å². The van der Waals surface area contributed by atoms with Gasteiger partial charge in [-0.3, -0.25) is 4.72 Å². The number of nitrogens with one attached hydrogen (secondary N) is 1. The van der Waals surface area contributed by atoms with Crippen molar-refractivity contribution in [2.24, 2.45) is 5.92 Å². The molecular weight excluding hydrogens is 440 g/mol. The quantitative estimate of drug-likeness (QED) is 0.555. The third-order valence-electron chi connectivity index (χ3n) is 5.83. The van der Waals surface area contributed by atoms with Crippen molar-refractivity contribution in [2.45, 2.75) is 24.7 Å². The van der Waals surface area contributed by atoms with E-state index in [2.05, 4.69) is 26.7 Å². The fraction of sp³-hybridized carbons (Fsp3) is 0.333. The van der Waals surface area contributed by atoms with Gasteiger partial charge in [-0.2, -0.15) is 0 Å². The molecule has 8 nitrogen and oxygen atoms in total. The summed E-state index contributed by atoms with van der Waals surface area (Å²) in [6, 6.07) is 15.6. The van der Waals surface area contributed by atoms with E-state index >= 15 is 0 Å². The monoisotopic (exact) mass is 468 g/mol. The minimum atomic E-state index is -3.91. The Bertz CT molecular complexity index is 1210. The predicted molar refractivity (Wildman–Crippen MR) is 128 cm³/mol. The number of hydrogen-bond donors (Lipinski definition) is 1. The van der Waals surface area contributed by atoms with E-state index in [0.29, 0.717) is 17.1 Å². The van der Waals surface area contributed by atoms with E-state index in [9.17, 15) is 8.42 Å². The maximum absolute atomic E-state index is 13.1.